The van der Waals surface area contributed by atoms with Gasteiger partial charge in [-0.15, -0.1) is 0 Å². The van der Waals surface area contributed by atoms with Crippen molar-refractivity contribution in [3.05, 3.63) is 53.6 Å². The van der Waals surface area contributed by atoms with Crippen molar-refractivity contribution in [1.29, 1.82) is 0 Å². The molecule has 152 valence electrons. The predicted molar refractivity (Wildman–Crippen MR) is 109 cm³/mol. The molecule has 0 saturated carbocycles. The summed E-state index contributed by atoms with van der Waals surface area (Å²) in [6.07, 6.45) is 2.13. The first-order valence-corrected chi connectivity index (χ1v) is 10.3. The molecule has 0 N–H and O–H groups in total. The Morgan fingerprint density at radius 1 is 1.17 bits per heavy atom. The van der Waals surface area contributed by atoms with Gasteiger partial charge in [0.2, 0.25) is 0 Å². The molecule has 1 amide bonds. The smallest absolute Gasteiger partial charge is 0.254 e. The first-order valence-electron chi connectivity index (χ1n) is 10.3. The Balaban J connectivity index is 1.23. The van der Waals surface area contributed by atoms with E-state index in [1.807, 2.05) is 47.4 Å². The summed E-state index contributed by atoms with van der Waals surface area (Å²) in [5, 5.41) is 0. The molecule has 0 spiro atoms. The largest absolute Gasteiger partial charge is 0.497 e. The molecule has 3 aliphatic rings. The minimum Gasteiger partial charge on any atom is -0.497 e. The number of benzene rings is 2. The van der Waals surface area contributed by atoms with E-state index in [1.54, 1.807) is 7.11 Å². The minimum atomic E-state index is 0.0133. The quantitative estimate of drug-likeness (QED) is 0.798. The lowest BCUT2D eigenvalue weighted by Crippen LogP contribution is -2.51. The van der Waals surface area contributed by atoms with Gasteiger partial charge >= 0.3 is 0 Å². The Hall–Kier alpha value is -2.73. The van der Waals surface area contributed by atoms with Crippen molar-refractivity contribution in [3.8, 4) is 17.2 Å². The van der Waals surface area contributed by atoms with Gasteiger partial charge in [0.1, 0.15) is 18.5 Å². The van der Waals surface area contributed by atoms with Crippen LogP contribution in [0.5, 0.6) is 17.2 Å². The van der Waals surface area contributed by atoms with Crippen molar-refractivity contribution in [3.63, 3.8) is 0 Å². The van der Waals surface area contributed by atoms with E-state index >= 15 is 0 Å². The number of ether oxygens (including phenoxy) is 3. The van der Waals surface area contributed by atoms with Crippen LogP contribution in [-0.4, -0.2) is 61.2 Å². The predicted octanol–water partition coefficient (Wildman–Crippen LogP) is 2.96. The van der Waals surface area contributed by atoms with Crippen LogP contribution in [0, 0.1) is 0 Å². The van der Waals surface area contributed by atoms with Crippen LogP contribution in [0.25, 0.3) is 0 Å². The molecule has 0 aromatic heterocycles. The van der Waals surface area contributed by atoms with E-state index in [-0.39, 0.29) is 18.1 Å². The lowest BCUT2D eigenvalue weighted by atomic mass is 10.0. The molecule has 29 heavy (non-hydrogen) atoms. The average molecular weight is 394 g/mol. The molecule has 0 unspecified atom stereocenters. The molecule has 2 aromatic carbocycles. The number of rotatable bonds is 4. The molecule has 5 rings (SSSR count). The van der Waals surface area contributed by atoms with Gasteiger partial charge in [0, 0.05) is 31.2 Å². The monoisotopic (exact) mass is 394 g/mol. The Bertz CT molecular complexity index is 916. The van der Waals surface area contributed by atoms with Crippen molar-refractivity contribution in [2.75, 3.05) is 33.4 Å². The second kappa shape index (κ2) is 7.59. The molecule has 2 aromatic rings. The van der Waals surface area contributed by atoms with Crippen LogP contribution in [0.3, 0.4) is 0 Å². The van der Waals surface area contributed by atoms with Crippen LogP contribution in [0.1, 0.15) is 28.8 Å². The van der Waals surface area contributed by atoms with E-state index in [0.29, 0.717) is 13.2 Å². The summed E-state index contributed by atoms with van der Waals surface area (Å²) in [6, 6.07) is 13.8. The zero-order chi connectivity index (χ0) is 19.8. The fourth-order valence-corrected chi connectivity index (χ4v) is 4.62. The van der Waals surface area contributed by atoms with E-state index in [4.69, 9.17) is 14.2 Å². The van der Waals surface area contributed by atoms with Crippen LogP contribution < -0.4 is 14.2 Å². The Kier molecular flexibility index (Phi) is 4.79. The van der Waals surface area contributed by atoms with Crippen molar-refractivity contribution < 1.29 is 19.0 Å². The van der Waals surface area contributed by atoms with Gasteiger partial charge < -0.3 is 19.1 Å². The van der Waals surface area contributed by atoms with Gasteiger partial charge in [0.05, 0.1) is 7.11 Å². The van der Waals surface area contributed by atoms with Gasteiger partial charge in [-0.2, -0.15) is 0 Å². The first-order chi connectivity index (χ1) is 14.2. The van der Waals surface area contributed by atoms with E-state index in [9.17, 15) is 4.79 Å². The third-order valence-corrected chi connectivity index (χ3v) is 6.10. The molecule has 2 atom stereocenters. The van der Waals surface area contributed by atoms with Crippen LogP contribution >= 0.6 is 0 Å². The van der Waals surface area contributed by atoms with Crippen LogP contribution in [0.2, 0.25) is 0 Å². The van der Waals surface area contributed by atoms with Crippen LogP contribution in [-0.2, 0) is 6.54 Å². The minimum absolute atomic E-state index is 0.0133. The highest BCUT2D eigenvalue weighted by molar-refractivity contribution is 5.99. The highest BCUT2D eigenvalue weighted by atomic mass is 16.6. The molecule has 1 saturated heterocycles. The summed E-state index contributed by atoms with van der Waals surface area (Å²) in [7, 11) is 1.63. The van der Waals surface area contributed by atoms with Gasteiger partial charge in [0.15, 0.2) is 11.5 Å². The number of para-hydroxylation sites is 2. The van der Waals surface area contributed by atoms with Crippen molar-refractivity contribution in [2.45, 2.75) is 31.5 Å². The highest BCUT2D eigenvalue weighted by Gasteiger charge is 2.36. The molecule has 6 heteroatoms. The lowest BCUT2D eigenvalue weighted by Gasteiger charge is -2.39. The summed E-state index contributed by atoms with van der Waals surface area (Å²) in [5.41, 5.74) is 1.87. The zero-order valence-electron chi connectivity index (χ0n) is 16.7. The Morgan fingerprint density at radius 3 is 2.90 bits per heavy atom. The normalized spacial score (nSPS) is 23.8. The third-order valence-electron chi connectivity index (χ3n) is 6.10. The SMILES string of the molecule is COc1ccc2c(c1)C(=O)N([C@H]1CCCN(C[C@H]3COc4ccccc4O3)C1)C2. The molecular formula is C23H26N2O4. The molecule has 3 heterocycles. The number of carbonyl (C=O) groups excluding carboxylic acids is 1. The number of likely N-dealkylation sites (tertiary alicyclic amines) is 1. The number of piperidine rings is 1. The Morgan fingerprint density at radius 2 is 2.03 bits per heavy atom. The van der Waals surface area contributed by atoms with Crippen molar-refractivity contribution in [2.24, 2.45) is 0 Å². The maximum Gasteiger partial charge on any atom is 0.254 e. The number of hydrogen-bond acceptors (Lipinski definition) is 5. The maximum absolute atomic E-state index is 13.0. The van der Waals surface area contributed by atoms with E-state index in [0.717, 1.165) is 60.9 Å². The molecular weight excluding hydrogens is 368 g/mol. The van der Waals surface area contributed by atoms with Crippen LogP contribution in [0.4, 0.5) is 0 Å². The summed E-state index contributed by atoms with van der Waals surface area (Å²) in [6.45, 7) is 3.96. The maximum atomic E-state index is 13.0. The molecule has 0 aliphatic carbocycles. The first kappa shape index (κ1) is 18.3. The van der Waals surface area contributed by atoms with E-state index in [2.05, 4.69) is 4.90 Å². The Labute approximate surface area is 171 Å². The van der Waals surface area contributed by atoms with Gasteiger partial charge in [-0.3, -0.25) is 9.69 Å². The molecule has 6 nitrogen and oxygen atoms in total. The fraction of sp³-hybridized carbons (Fsp3) is 0.435. The number of carbonyl (C=O) groups is 1. The summed E-state index contributed by atoms with van der Waals surface area (Å²) >= 11 is 0. The molecule has 1 fully saturated rings. The summed E-state index contributed by atoms with van der Waals surface area (Å²) < 4.78 is 17.3. The third kappa shape index (κ3) is 3.53. The zero-order valence-corrected chi connectivity index (χ0v) is 16.7. The van der Waals surface area contributed by atoms with Gasteiger partial charge in [0.25, 0.3) is 5.91 Å². The van der Waals surface area contributed by atoms with E-state index in [1.165, 1.54) is 0 Å². The lowest BCUT2D eigenvalue weighted by molar-refractivity contribution is 0.0306. The summed E-state index contributed by atoms with van der Waals surface area (Å²) in [5.74, 6) is 2.49. The number of fused-ring (bicyclic) bond motifs is 2. The number of nitrogens with zero attached hydrogens (tertiary/aromatic N) is 2. The standard InChI is InChI=1S/C23H26N2O4/c1-27-18-9-8-16-12-25(23(26)20(16)11-18)17-5-4-10-24(13-17)14-19-15-28-21-6-2-3-7-22(21)29-19/h2-3,6-9,11,17,19H,4-5,10,12-15H2,1H3/t17-,19-/m0/s1. The number of amides is 1. The molecule has 0 bridgehead atoms. The van der Waals surface area contributed by atoms with E-state index < -0.39 is 0 Å². The fourth-order valence-electron chi connectivity index (χ4n) is 4.62. The highest BCUT2D eigenvalue weighted by Crippen LogP contribution is 2.33. The number of hydrogen-bond donors (Lipinski definition) is 0. The van der Waals surface area contributed by atoms with Crippen LogP contribution in [0.15, 0.2) is 42.5 Å². The summed E-state index contributed by atoms with van der Waals surface area (Å²) in [4.78, 5) is 17.4. The van der Waals surface area contributed by atoms with Gasteiger partial charge in [-0.05, 0) is 49.2 Å². The second-order valence-electron chi connectivity index (χ2n) is 8.01. The topological polar surface area (TPSA) is 51.2 Å². The van der Waals surface area contributed by atoms with Crippen molar-refractivity contribution >= 4 is 5.91 Å². The molecule has 0 radical (unpaired) electrons. The molecule has 3 aliphatic heterocycles. The second-order valence-corrected chi connectivity index (χ2v) is 8.01. The number of methoxy groups -OCH3 is 1. The van der Waals surface area contributed by atoms with Gasteiger partial charge in [-0.1, -0.05) is 18.2 Å². The van der Waals surface area contributed by atoms with Crippen molar-refractivity contribution in [1.82, 2.24) is 9.80 Å². The van der Waals surface area contributed by atoms with Gasteiger partial charge in [-0.25, -0.2) is 0 Å². The average Bonchev–Trinajstić information content (AvgIpc) is 3.10.